The van der Waals surface area contributed by atoms with E-state index in [0.717, 1.165) is 23.7 Å². The van der Waals surface area contributed by atoms with Gasteiger partial charge in [-0.1, -0.05) is 68.3 Å². The lowest BCUT2D eigenvalue weighted by molar-refractivity contribution is -0.135. The largest absolute Gasteiger partial charge is 0.370 e. The highest BCUT2D eigenvalue weighted by molar-refractivity contribution is 5.97. The van der Waals surface area contributed by atoms with Gasteiger partial charge in [-0.3, -0.25) is 43.8 Å². The van der Waals surface area contributed by atoms with Gasteiger partial charge in [0.25, 0.3) is 0 Å². The minimum Gasteiger partial charge on any atom is -0.370 e. The highest BCUT2D eigenvalue weighted by Crippen LogP contribution is 2.19. The predicted molar refractivity (Wildman–Crippen MR) is 255 cm³/mol. The van der Waals surface area contributed by atoms with Gasteiger partial charge in [-0.25, -0.2) is 4.98 Å². The molecule has 5 rings (SSSR count). The third kappa shape index (κ3) is 16.8. The number of nitrogens with one attached hydrogen (secondary N) is 11. The number of primary amides is 1. The molecule has 1 fully saturated rings. The number of nitrogens with zero attached hydrogens (tertiary/aromatic N) is 1. The first-order valence-electron chi connectivity index (χ1n) is 23.2. The predicted octanol–water partition coefficient (Wildman–Crippen LogP) is -0.543. The fourth-order valence-electron chi connectivity index (χ4n) is 7.84. The van der Waals surface area contributed by atoms with Crippen LogP contribution >= 0.6 is 0 Å². The number of hydrogen-bond donors (Lipinski definition) is 13. The molecular weight excluding hydrogens is 889 g/mol. The van der Waals surface area contributed by atoms with Crippen LogP contribution in [-0.4, -0.2) is 118 Å². The number of aromatic nitrogens is 3. The van der Waals surface area contributed by atoms with Crippen LogP contribution in [-0.2, 0) is 57.6 Å². The summed E-state index contributed by atoms with van der Waals surface area (Å²) in [5.74, 6) is -6.09. The maximum absolute atomic E-state index is 14.5. The van der Waals surface area contributed by atoms with Gasteiger partial charge in [-0.15, -0.1) is 0 Å². The van der Waals surface area contributed by atoms with Crippen LogP contribution in [0.2, 0.25) is 0 Å². The first-order valence-corrected chi connectivity index (χ1v) is 23.2. The van der Waals surface area contributed by atoms with Crippen LogP contribution < -0.4 is 54.0 Å². The van der Waals surface area contributed by atoms with Crippen LogP contribution in [0.15, 0.2) is 73.3 Å². The standard InChI is InChI=1S/C47H64N14O8/c1-2-3-5-16-40(63)56-34-17-18-39(62)52-21-19-35(44(67)59-36(41(48)64)23-29-25-54-32-14-9-8-13-31(29)32)58-42(65)33(15-10-20-53-47(49)50)57-45(68)37(22-28-11-6-4-7-12-28)60-46(69)38(61-43(34)66)24-30-26-51-27-55-30/h4,6-9,11-14,25-27,33-38,54H,2-3,5,10,15-24H2,1H3,(H2,48,64)(H,51,55)(H,52,62)(H,56,63)(H,57,68)(H,58,65)(H,59,67)(H,60,69)(H,61,66)(H4,49,50,53)/t33?,34-,35-,36-,37+,38-/m0/s1. The lowest BCUT2D eigenvalue weighted by Gasteiger charge is -2.27. The Morgan fingerprint density at radius 3 is 2.22 bits per heavy atom. The maximum atomic E-state index is 14.5. The van der Waals surface area contributed by atoms with Gasteiger partial charge in [0.15, 0.2) is 5.96 Å². The Balaban J connectivity index is 1.49. The molecule has 0 radical (unpaired) electrons. The number of para-hydroxylation sites is 1. The van der Waals surface area contributed by atoms with Crippen molar-refractivity contribution in [2.75, 3.05) is 13.1 Å². The number of H-pyrrole nitrogens is 2. The quantitative estimate of drug-likeness (QED) is 0.0341. The normalized spacial score (nSPS) is 20.3. The van der Waals surface area contributed by atoms with E-state index in [-0.39, 0.29) is 76.8 Å². The highest BCUT2D eigenvalue weighted by Gasteiger charge is 2.34. The van der Waals surface area contributed by atoms with E-state index in [1.807, 2.05) is 31.2 Å². The average Bonchev–Trinajstić information content (AvgIpc) is 4.00. The Labute approximate surface area is 399 Å². The number of guanidine groups is 1. The van der Waals surface area contributed by atoms with Crippen LogP contribution in [0.1, 0.15) is 81.5 Å². The molecule has 0 saturated carbocycles. The van der Waals surface area contributed by atoms with E-state index in [9.17, 15) is 38.4 Å². The van der Waals surface area contributed by atoms with E-state index in [0.29, 0.717) is 23.2 Å². The van der Waals surface area contributed by atoms with Crippen LogP contribution in [0.4, 0.5) is 0 Å². The molecule has 3 heterocycles. The molecule has 2 aromatic carbocycles. The zero-order chi connectivity index (χ0) is 49.7. The van der Waals surface area contributed by atoms with Gasteiger partial charge in [0.2, 0.25) is 47.3 Å². The summed E-state index contributed by atoms with van der Waals surface area (Å²) in [6, 6.07) is 8.26. The Morgan fingerprint density at radius 1 is 0.812 bits per heavy atom. The lowest BCUT2D eigenvalue weighted by atomic mass is 10.0. The summed E-state index contributed by atoms with van der Waals surface area (Å²) >= 11 is 0. The molecule has 1 aliphatic heterocycles. The molecule has 1 saturated heterocycles. The Hall–Kier alpha value is -7.78. The summed E-state index contributed by atoms with van der Waals surface area (Å²) in [4.78, 5) is 121. The van der Waals surface area contributed by atoms with Crippen LogP contribution in [0.3, 0.4) is 0 Å². The van der Waals surface area contributed by atoms with Crippen molar-refractivity contribution in [1.82, 2.24) is 57.5 Å². The highest BCUT2D eigenvalue weighted by atomic mass is 16.2. The first kappa shape index (κ1) is 52.2. The molecule has 22 heteroatoms. The van der Waals surface area contributed by atoms with Gasteiger partial charge in [0, 0.05) is 68.5 Å². The van der Waals surface area contributed by atoms with E-state index in [4.69, 9.17) is 16.9 Å². The van der Waals surface area contributed by atoms with Crippen molar-refractivity contribution >= 4 is 64.1 Å². The molecule has 1 unspecified atom stereocenters. The second-order valence-corrected chi connectivity index (χ2v) is 17.0. The van der Waals surface area contributed by atoms with E-state index < -0.39 is 83.5 Å². The number of nitrogens with two attached hydrogens (primary N) is 2. The molecule has 0 aliphatic carbocycles. The first-order chi connectivity index (χ1) is 33.2. The van der Waals surface area contributed by atoms with Gasteiger partial charge in [0.1, 0.15) is 36.3 Å². The van der Waals surface area contributed by atoms with E-state index >= 15 is 0 Å². The molecule has 69 heavy (non-hydrogen) atoms. The number of carbonyl (C=O) groups is 8. The van der Waals surface area contributed by atoms with Crippen molar-refractivity contribution < 1.29 is 38.4 Å². The zero-order valence-electron chi connectivity index (χ0n) is 38.7. The van der Waals surface area contributed by atoms with Crippen molar-refractivity contribution in [1.29, 1.82) is 5.41 Å². The molecule has 22 nitrogen and oxygen atoms in total. The smallest absolute Gasteiger partial charge is 0.243 e. The average molecular weight is 953 g/mol. The molecule has 6 atom stereocenters. The van der Waals surface area contributed by atoms with E-state index in [2.05, 4.69) is 57.5 Å². The number of rotatable bonds is 18. The van der Waals surface area contributed by atoms with Crippen LogP contribution in [0, 0.1) is 5.41 Å². The molecule has 2 aromatic heterocycles. The van der Waals surface area contributed by atoms with Crippen molar-refractivity contribution in [3.8, 4) is 0 Å². The van der Waals surface area contributed by atoms with Gasteiger partial charge in [-0.05, 0) is 49.3 Å². The van der Waals surface area contributed by atoms with Crippen molar-refractivity contribution in [3.63, 3.8) is 0 Å². The molecule has 370 valence electrons. The summed E-state index contributed by atoms with van der Waals surface area (Å²) < 4.78 is 0. The minimum atomic E-state index is -1.40. The molecule has 4 aromatic rings. The number of carbonyl (C=O) groups excluding carboxylic acids is 8. The van der Waals surface area contributed by atoms with E-state index in [1.165, 1.54) is 12.5 Å². The van der Waals surface area contributed by atoms with Crippen molar-refractivity contribution in [2.24, 2.45) is 11.5 Å². The molecule has 0 spiro atoms. The van der Waals surface area contributed by atoms with Gasteiger partial charge < -0.3 is 64.0 Å². The number of fused-ring (bicyclic) bond motifs is 1. The summed E-state index contributed by atoms with van der Waals surface area (Å²) in [5, 5.41) is 30.1. The second kappa shape index (κ2) is 26.5. The van der Waals surface area contributed by atoms with E-state index in [1.54, 1.807) is 36.5 Å². The fourth-order valence-corrected chi connectivity index (χ4v) is 7.84. The van der Waals surface area contributed by atoms with Crippen molar-refractivity contribution in [2.45, 2.75) is 120 Å². The number of unbranched alkanes of at least 4 members (excludes halogenated alkanes) is 2. The fraction of sp³-hybridized carbons (Fsp3) is 0.447. The van der Waals surface area contributed by atoms with Crippen LogP contribution in [0.5, 0.6) is 0 Å². The number of hydrogen-bond acceptors (Lipinski definition) is 10. The van der Waals surface area contributed by atoms with Crippen LogP contribution in [0.25, 0.3) is 10.9 Å². The molecule has 15 N–H and O–H groups in total. The topological polar surface area (TPSA) is 353 Å². The monoisotopic (exact) mass is 953 g/mol. The van der Waals surface area contributed by atoms with Gasteiger partial charge >= 0.3 is 0 Å². The summed E-state index contributed by atoms with van der Waals surface area (Å²) in [6.07, 6.45) is 6.29. The number of amides is 8. The Bertz CT molecular complexity index is 2390. The zero-order valence-corrected chi connectivity index (χ0v) is 38.7. The van der Waals surface area contributed by atoms with Gasteiger partial charge in [0.05, 0.1) is 12.0 Å². The third-order valence-corrected chi connectivity index (χ3v) is 11.6. The second-order valence-electron chi connectivity index (χ2n) is 17.0. The third-order valence-electron chi connectivity index (χ3n) is 11.6. The van der Waals surface area contributed by atoms with Crippen molar-refractivity contribution in [3.05, 3.63) is 90.1 Å². The van der Waals surface area contributed by atoms with Gasteiger partial charge in [-0.2, -0.15) is 0 Å². The molecular formula is C47H64N14O8. The number of benzene rings is 2. The lowest BCUT2D eigenvalue weighted by Crippen LogP contribution is -2.60. The minimum absolute atomic E-state index is 0.00525. The summed E-state index contributed by atoms with van der Waals surface area (Å²) in [7, 11) is 0. The molecule has 8 amide bonds. The summed E-state index contributed by atoms with van der Waals surface area (Å²) in [5.41, 5.74) is 13.8. The molecule has 1 aliphatic rings. The SMILES string of the molecule is CCCCCC(=O)N[C@H]1CCC(=O)NCC[C@@H](C(=O)N[C@@H](Cc2c[nH]c3ccccc23)C(N)=O)NC(=O)C(CCCNC(=N)N)NC(=O)[C@@H](Cc2ccccc2)NC(=O)[C@H](Cc2c[nH]cn2)NC1=O. The maximum Gasteiger partial charge on any atom is 0.243 e. The number of aromatic amines is 2. The Kier molecular flexibility index (Phi) is 20.1. The molecule has 0 bridgehead atoms. The Morgan fingerprint density at radius 2 is 1.51 bits per heavy atom. The summed E-state index contributed by atoms with van der Waals surface area (Å²) in [6.45, 7) is 1.94. The number of imidazole rings is 1.